The molecule has 2 rings (SSSR count). The normalized spacial score (nSPS) is 10.2. The summed E-state index contributed by atoms with van der Waals surface area (Å²) in [5.41, 5.74) is 2.33. The molecule has 0 amide bonds. The fourth-order valence-electron chi connectivity index (χ4n) is 1.95. The summed E-state index contributed by atoms with van der Waals surface area (Å²) >= 11 is 0. The Morgan fingerprint density at radius 1 is 0.737 bits per heavy atom. The molecule has 3 nitrogen and oxygen atoms in total. The number of para-hydroxylation sites is 1. The van der Waals surface area contributed by atoms with Crippen molar-refractivity contribution in [3.63, 3.8) is 0 Å². The van der Waals surface area contributed by atoms with Crippen LogP contribution in [0.2, 0.25) is 0 Å². The largest absolute Gasteiger partial charge is 0.508 e. The Hall–Kier alpha value is -2.16. The second-order valence-electron chi connectivity index (χ2n) is 4.70. The molecule has 0 saturated heterocycles. The zero-order chi connectivity index (χ0) is 13.7. The second kappa shape index (κ2) is 6.14. The number of phenols is 1. The Bertz CT molecular complexity index is 496. The third-order valence-electron chi connectivity index (χ3n) is 3.26. The molecule has 3 heteroatoms. The van der Waals surface area contributed by atoms with E-state index >= 15 is 0 Å². The van der Waals surface area contributed by atoms with E-state index < -0.39 is 0 Å². The van der Waals surface area contributed by atoms with Crippen LogP contribution in [0.3, 0.4) is 0 Å². The maximum absolute atomic E-state index is 9.28. The standard InChI is InChI=1S/C16H20N2O/c1-17(14-6-4-3-5-7-14)12-13-18(2)15-8-10-16(19)11-9-15/h3-11,19H,12-13H2,1-2H3. The molecule has 2 aromatic carbocycles. The first-order valence-corrected chi connectivity index (χ1v) is 6.43. The zero-order valence-electron chi connectivity index (χ0n) is 11.5. The molecule has 0 bridgehead atoms. The Balaban J connectivity index is 1.90. The summed E-state index contributed by atoms with van der Waals surface area (Å²) in [7, 11) is 4.16. The van der Waals surface area contributed by atoms with Crippen LogP contribution in [0, 0.1) is 0 Å². The molecular formula is C16H20N2O. The SMILES string of the molecule is CN(CCN(C)c1ccc(O)cc1)c1ccccc1. The molecule has 0 saturated carbocycles. The monoisotopic (exact) mass is 256 g/mol. The Morgan fingerprint density at radius 2 is 1.21 bits per heavy atom. The fraction of sp³-hybridized carbons (Fsp3) is 0.250. The van der Waals surface area contributed by atoms with Crippen LogP contribution in [0.1, 0.15) is 0 Å². The summed E-state index contributed by atoms with van der Waals surface area (Å²) in [4.78, 5) is 4.41. The predicted octanol–water partition coefficient (Wildman–Crippen LogP) is 2.96. The summed E-state index contributed by atoms with van der Waals surface area (Å²) in [5, 5.41) is 9.28. The van der Waals surface area contributed by atoms with Crippen molar-refractivity contribution in [3.05, 3.63) is 54.6 Å². The minimum absolute atomic E-state index is 0.304. The van der Waals surface area contributed by atoms with E-state index in [9.17, 15) is 5.11 Å². The summed E-state index contributed by atoms with van der Waals surface area (Å²) in [5.74, 6) is 0.304. The van der Waals surface area contributed by atoms with Gasteiger partial charge < -0.3 is 14.9 Å². The third kappa shape index (κ3) is 3.65. The molecule has 0 spiro atoms. The average Bonchev–Trinajstić information content (AvgIpc) is 2.46. The first kappa shape index (κ1) is 13.3. The minimum atomic E-state index is 0.304. The van der Waals surface area contributed by atoms with E-state index in [0.717, 1.165) is 18.8 Å². The summed E-state index contributed by atoms with van der Waals surface area (Å²) in [6.45, 7) is 1.87. The number of benzene rings is 2. The van der Waals surface area contributed by atoms with Gasteiger partial charge >= 0.3 is 0 Å². The molecule has 0 fully saturated rings. The molecule has 100 valence electrons. The van der Waals surface area contributed by atoms with Crippen LogP contribution in [0.5, 0.6) is 5.75 Å². The van der Waals surface area contributed by atoms with Crippen LogP contribution >= 0.6 is 0 Å². The van der Waals surface area contributed by atoms with Crippen molar-refractivity contribution in [3.8, 4) is 5.75 Å². The van der Waals surface area contributed by atoms with Gasteiger partial charge in [-0.2, -0.15) is 0 Å². The number of nitrogens with zero attached hydrogens (tertiary/aromatic N) is 2. The van der Waals surface area contributed by atoms with Gasteiger partial charge in [-0.3, -0.25) is 0 Å². The number of rotatable bonds is 5. The van der Waals surface area contributed by atoms with E-state index in [4.69, 9.17) is 0 Å². The van der Waals surface area contributed by atoms with Gasteiger partial charge in [-0.15, -0.1) is 0 Å². The summed E-state index contributed by atoms with van der Waals surface area (Å²) in [6, 6.07) is 17.6. The molecule has 0 aliphatic carbocycles. The summed E-state index contributed by atoms with van der Waals surface area (Å²) < 4.78 is 0. The van der Waals surface area contributed by atoms with Crippen LogP contribution < -0.4 is 9.80 Å². The summed E-state index contributed by atoms with van der Waals surface area (Å²) in [6.07, 6.45) is 0. The second-order valence-corrected chi connectivity index (χ2v) is 4.70. The zero-order valence-corrected chi connectivity index (χ0v) is 11.5. The topological polar surface area (TPSA) is 26.7 Å². The minimum Gasteiger partial charge on any atom is -0.508 e. The lowest BCUT2D eigenvalue weighted by atomic mass is 10.2. The highest BCUT2D eigenvalue weighted by atomic mass is 16.3. The Kier molecular flexibility index (Phi) is 4.29. The first-order valence-electron chi connectivity index (χ1n) is 6.43. The van der Waals surface area contributed by atoms with Crippen molar-refractivity contribution < 1.29 is 5.11 Å². The molecule has 0 aromatic heterocycles. The smallest absolute Gasteiger partial charge is 0.115 e. The number of hydrogen-bond donors (Lipinski definition) is 1. The quantitative estimate of drug-likeness (QED) is 0.891. The molecule has 0 aliphatic rings. The number of phenolic OH excluding ortho intramolecular Hbond substituents is 1. The van der Waals surface area contributed by atoms with Gasteiger partial charge in [0.2, 0.25) is 0 Å². The van der Waals surface area contributed by atoms with Gasteiger partial charge in [0, 0.05) is 38.6 Å². The van der Waals surface area contributed by atoms with Crippen LogP contribution in [0.15, 0.2) is 54.6 Å². The van der Waals surface area contributed by atoms with E-state index in [0.29, 0.717) is 5.75 Å². The molecule has 0 atom stereocenters. The molecule has 0 unspecified atom stereocenters. The highest BCUT2D eigenvalue weighted by molar-refractivity contribution is 5.49. The first-order chi connectivity index (χ1) is 9.16. The number of anilines is 2. The predicted molar refractivity (Wildman–Crippen MR) is 81.1 cm³/mol. The van der Waals surface area contributed by atoms with Crippen molar-refractivity contribution in [1.82, 2.24) is 0 Å². The van der Waals surface area contributed by atoms with Crippen molar-refractivity contribution in [2.75, 3.05) is 37.0 Å². The van der Waals surface area contributed by atoms with Gasteiger partial charge in [-0.05, 0) is 36.4 Å². The van der Waals surface area contributed by atoms with E-state index in [1.54, 1.807) is 12.1 Å². The number of likely N-dealkylation sites (N-methyl/N-ethyl adjacent to an activating group) is 2. The molecule has 19 heavy (non-hydrogen) atoms. The lowest BCUT2D eigenvalue weighted by Crippen LogP contribution is -2.30. The van der Waals surface area contributed by atoms with Crippen LogP contribution in [0.4, 0.5) is 11.4 Å². The van der Waals surface area contributed by atoms with E-state index in [1.165, 1.54) is 5.69 Å². The van der Waals surface area contributed by atoms with Gasteiger partial charge in [-0.25, -0.2) is 0 Å². The third-order valence-corrected chi connectivity index (χ3v) is 3.26. The molecule has 0 heterocycles. The Labute approximate surface area is 114 Å². The van der Waals surface area contributed by atoms with Crippen molar-refractivity contribution in [2.45, 2.75) is 0 Å². The van der Waals surface area contributed by atoms with Gasteiger partial charge in [-0.1, -0.05) is 18.2 Å². The van der Waals surface area contributed by atoms with Crippen LogP contribution in [-0.4, -0.2) is 32.3 Å². The lowest BCUT2D eigenvalue weighted by molar-refractivity contribution is 0.475. The fourth-order valence-corrected chi connectivity index (χ4v) is 1.95. The highest BCUT2D eigenvalue weighted by Gasteiger charge is 2.04. The molecule has 0 radical (unpaired) electrons. The van der Waals surface area contributed by atoms with Crippen molar-refractivity contribution in [1.29, 1.82) is 0 Å². The van der Waals surface area contributed by atoms with Crippen LogP contribution in [0.25, 0.3) is 0 Å². The molecular weight excluding hydrogens is 236 g/mol. The van der Waals surface area contributed by atoms with Gasteiger partial charge in [0.15, 0.2) is 0 Å². The number of hydrogen-bond acceptors (Lipinski definition) is 3. The number of aromatic hydroxyl groups is 1. The maximum atomic E-state index is 9.28. The van der Waals surface area contributed by atoms with Crippen molar-refractivity contribution >= 4 is 11.4 Å². The van der Waals surface area contributed by atoms with Crippen LogP contribution in [-0.2, 0) is 0 Å². The van der Waals surface area contributed by atoms with E-state index in [-0.39, 0.29) is 0 Å². The van der Waals surface area contributed by atoms with Gasteiger partial charge in [0.1, 0.15) is 5.75 Å². The maximum Gasteiger partial charge on any atom is 0.115 e. The van der Waals surface area contributed by atoms with E-state index in [2.05, 4.69) is 48.2 Å². The molecule has 0 aliphatic heterocycles. The lowest BCUT2D eigenvalue weighted by Gasteiger charge is -2.25. The Morgan fingerprint density at radius 3 is 1.74 bits per heavy atom. The average molecular weight is 256 g/mol. The van der Waals surface area contributed by atoms with Crippen molar-refractivity contribution in [2.24, 2.45) is 0 Å². The highest BCUT2D eigenvalue weighted by Crippen LogP contribution is 2.17. The van der Waals surface area contributed by atoms with Gasteiger partial charge in [0.05, 0.1) is 0 Å². The molecule has 1 N–H and O–H groups in total. The van der Waals surface area contributed by atoms with Gasteiger partial charge in [0.25, 0.3) is 0 Å². The van der Waals surface area contributed by atoms with E-state index in [1.807, 2.05) is 18.2 Å². The molecule has 2 aromatic rings.